The average Bonchev–Trinajstić information content (AvgIpc) is 2.44. The molecule has 1 unspecified atom stereocenters. The smallest absolute Gasteiger partial charge is 0.256 e. The van der Waals surface area contributed by atoms with Crippen molar-refractivity contribution in [2.24, 2.45) is 0 Å². The van der Waals surface area contributed by atoms with Gasteiger partial charge in [-0.3, -0.25) is 4.79 Å². The van der Waals surface area contributed by atoms with E-state index in [0.29, 0.717) is 5.56 Å². The van der Waals surface area contributed by atoms with E-state index in [2.05, 4.69) is 10.6 Å². The zero-order chi connectivity index (χ0) is 13.1. The summed E-state index contributed by atoms with van der Waals surface area (Å²) >= 11 is 0. The van der Waals surface area contributed by atoms with Gasteiger partial charge in [-0.15, -0.1) is 0 Å². The molecule has 1 aliphatic rings. The van der Waals surface area contributed by atoms with Crippen LogP contribution in [-0.4, -0.2) is 48.7 Å². The van der Waals surface area contributed by atoms with E-state index in [1.165, 1.54) is 0 Å². The fraction of sp³-hybridized carbons (Fsp3) is 0.462. The number of anilines is 2. The molecule has 18 heavy (non-hydrogen) atoms. The third-order valence-electron chi connectivity index (χ3n) is 3.28. The molecule has 1 heterocycles. The number of para-hydroxylation sites is 1. The van der Waals surface area contributed by atoms with Crippen molar-refractivity contribution >= 4 is 17.3 Å². The highest BCUT2D eigenvalue weighted by Gasteiger charge is 2.22. The minimum absolute atomic E-state index is 0.0387. The average molecular weight is 249 g/mol. The number of nitrogens with one attached hydrogen (secondary N) is 2. The van der Waals surface area contributed by atoms with Crippen LogP contribution in [0.1, 0.15) is 17.3 Å². The number of carbonyl (C=O) groups excluding carboxylic acids is 1. The Kier molecular flexibility index (Phi) is 3.72. The Bertz CT molecular complexity index is 448. The minimum Gasteiger partial charge on any atom is -0.394 e. The quantitative estimate of drug-likeness (QED) is 0.747. The van der Waals surface area contributed by atoms with Gasteiger partial charge in [-0.1, -0.05) is 6.07 Å². The normalized spacial score (nSPS) is 15.1. The summed E-state index contributed by atoms with van der Waals surface area (Å²) in [6.45, 7) is 3.44. The lowest BCUT2D eigenvalue weighted by molar-refractivity contribution is 0.0683. The number of rotatable bonds is 3. The molecule has 0 bridgehead atoms. The van der Waals surface area contributed by atoms with Gasteiger partial charge in [0.2, 0.25) is 0 Å². The van der Waals surface area contributed by atoms with E-state index in [-0.39, 0.29) is 18.6 Å². The van der Waals surface area contributed by atoms with Gasteiger partial charge in [0, 0.05) is 20.1 Å². The van der Waals surface area contributed by atoms with Crippen molar-refractivity contribution in [3.8, 4) is 0 Å². The predicted molar refractivity (Wildman–Crippen MR) is 72.1 cm³/mol. The lowest BCUT2D eigenvalue weighted by atomic mass is 10.1. The second-order valence-electron chi connectivity index (χ2n) is 4.53. The Balaban J connectivity index is 2.30. The van der Waals surface area contributed by atoms with Gasteiger partial charge < -0.3 is 20.6 Å². The summed E-state index contributed by atoms with van der Waals surface area (Å²) in [6.07, 6.45) is 0. The zero-order valence-electron chi connectivity index (χ0n) is 10.7. The van der Waals surface area contributed by atoms with E-state index in [4.69, 9.17) is 5.11 Å². The molecule has 0 saturated heterocycles. The van der Waals surface area contributed by atoms with Crippen molar-refractivity contribution in [1.29, 1.82) is 0 Å². The second kappa shape index (κ2) is 5.27. The number of hydrogen-bond acceptors (Lipinski definition) is 4. The molecule has 0 aliphatic carbocycles. The van der Waals surface area contributed by atoms with Crippen molar-refractivity contribution in [2.75, 3.05) is 37.4 Å². The predicted octanol–water partition coefficient (Wildman–Crippen LogP) is 0.977. The number of fused-ring (bicyclic) bond motifs is 1. The molecule has 0 radical (unpaired) electrons. The molecule has 0 saturated carbocycles. The van der Waals surface area contributed by atoms with E-state index < -0.39 is 0 Å². The summed E-state index contributed by atoms with van der Waals surface area (Å²) in [6, 6.07) is 5.43. The number of amides is 1. The Hall–Kier alpha value is -1.75. The van der Waals surface area contributed by atoms with Gasteiger partial charge in [0.15, 0.2) is 0 Å². The molecular weight excluding hydrogens is 230 g/mol. The lowest BCUT2D eigenvalue weighted by Gasteiger charge is -2.27. The Morgan fingerprint density at radius 2 is 2.17 bits per heavy atom. The second-order valence-corrected chi connectivity index (χ2v) is 4.53. The number of aliphatic hydroxyl groups excluding tert-OH is 1. The first-order valence-electron chi connectivity index (χ1n) is 6.14. The van der Waals surface area contributed by atoms with Gasteiger partial charge >= 0.3 is 0 Å². The van der Waals surface area contributed by atoms with E-state index in [1.54, 1.807) is 11.9 Å². The third-order valence-corrected chi connectivity index (χ3v) is 3.28. The lowest BCUT2D eigenvalue weighted by Crippen LogP contribution is -2.38. The van der Waals surface area contributed by atoms with Crippen molar-refractivity contribution in [3.63, 3.8) is 0 Å². The summed E-state index contributed by atoms with van der Waals surface area (Å²) in [5.74, 6) is -0.0791. The molecule has 2 rings (SSSR count). The minimum atomic E-state index is -0.190. The molecule has 3 N–H and O–H groups in total. The third kappa shape index (κ3) is 2.26. The zero-order valence-corrected chi connectivity index (χ0v) is 10.7. The summed E-state index contributed by atoms with van der Waals surface area (Å²) in [4.78, 5) is 13.9. The topological polar surface area (TPSA) is 64.6 Å². The first kappa shape index (κ1) is 12.7. The van der Waals surface area contributed by atoms with E-state index in [0.717, 1.165) is 24.5 Å². The van der Waals surface area contributed by atoms with Crippen molar-refractivity contribution < 1.29 is 9.90 Å². The SMILES string of the molecule is CC(CO)N(C)C(=O)c1cccc2c1NCCN2. The summed E-state index contributed by atoms with van der Waals surface area (Å²) in [7, 11) is 1.71. The number of aliphatic hydroxyl groups is 1. The molecule has 1 amide bonds. The maximum atomic E-state index is 12.4. The van der Waals surface area contributed by atoms with E-state index >= 15 is 0 Å². The van der Waals surface area contributed by atoms with Gasteiger partial charge in [-0.2, -0.15) is 0 Å². The van der Waals surface area contributed by atoms with E-state index in [9.17, 15) is 4.79 Å². The summed E-state index contributed by atoms with van der Waals surface area (Å²) < 4.78 is 0. The Morgan fingerprint density at radius 1 is 1.44 bits per heavy atom. The van der Waals surface area contributed by atoms with Crippen LogP contribution in [0.15, 0.2) is 18.2 Å². The van der Waals surface area contributed by atoms with Crippen LogP contribution >= 0.6 is 0 Å². The number of hydrogen-bond donors (Lipinski definition) is 3. The van der Waals surface area contributed by atoms with Crippen LogP contribution in [0, 0.1) is 0 Å². The summed E-state index contributed by atoms with van der Waals surface area (Å²) in [5.41, 5.74) is 2.45. The van der Waals surface area contributed by atoms with Crippen molar-refractivity contribution in [2.45, 2.75) is 13.0 Å². The molecule has 1 atom stereocenters. The number of carbonyl (C=O) groups is 1. The van der Waals surface area contributed by atoms with Gasteiger partial charge in [0.05, 0.1) is 29.6 Å². The van der Waals surface area contributed by atoms with Crippen molar-refractivity contribution in [1.82, 2.24) is 4.90 Å². The van der Waals surface area contributed by atoms with Gasteiger partial charge in [0.25, 0.3) is 5.91 Å². The Morgan fingerprint density at radius 3 is 2.89 bits per heavy atom. The highest BCUT2D eigenvalue weighted by Crippen LogP contribution is 2.29. The van der Waals surface area contributed by atoms with Gasteiger partial charge in [0.1, 0.15) is 0 Å². The standard InChI is InChI=1S/C13H19N3O2/c1-9(8-17)16(2)13(18)10-4-3-5-11-12(10)15-7-6-14-11/h3-5,9,14-15,17H,6-8H2,1-2H3. The first-order chi connectivity index (χ1) is 8.65. The molecule has 1 aliphatic heterocycles. The fourth-order valence-electron chi connectivity index (χ4n) is 1.97. The highest BCUT2D eigenvalue weighted by atomic mass is 16.3. The number of benzene rings is 1. The Labute approximate surface area is 107 Å². The molecule has 98 valence electrons. The highest BCUT2D eigenvalue weighted by molar-refractivity contribution is 6.02. The molecular formula is C13H19N3O2. The summed E-state index contributed by atoms with van der Waals surface area (Å²) in [5, 5.41) is 15.6. The largest absolute Gasteiger partial charge is 0.394 e. The first-order valence-corrected chi connectivity index (χ1v) is 6.14. The van der Waals surface area contributed by atoms with Gasteiger partial charge in [-0.05, 0) is 19.1 Å². The van der Waals surface area contributed by atoms with Crippen molar-refractivity contribution in [3.05, 3.63) is 23.8 Å². The monoisotopic (exact) mass is 249 g/mol. The fourth-order valence-corrected chi connectivity index (χ4v) is 1.97. The van der Waals surface area contributed by atoms with Crippen LogP contribution in [0.5, 0.6) is 0 Å². The molecule has 5 nitrogen and oxygen atoms in total. The van der Waals surface area contributed by atoms with Gasteiger partial charge in [-0.25, -0.2) is 0 Å². The van der Waals surface area contributed by atoms with Crippen LogP contribution in [0.25, 0.3) is 0 Å². The van der Waals surface area contributed by atoms with Crippen LogP contribution in [0.2, 0.25) is 0 Å². The van der Waals surface area contributed by atoms with Crippen LogP contribution in [0.3, 0.4) is 0 Å². The molecule has 1 aromatic carbocycles. The van der Waals surface area contributed by atoms with E-state index in [1.807, 2.05) is 25.1 Å². The van der Waals surface area contributed by atoms with Crippen LogP contribution < -0.4 is 10.6 Å². The molecule has 0 spiro atoms. The molecule has 0 aromatic heterocycles. The molecule has 0 fully saturated rings. The van der Waals surface area contributed by atoms with Crippen LogP contribution in [-0.2, 0) is 0 Å². The molecule has 1 aromatic rings. The maximum absolute atomic E-state index is 12.4. The van der Waals surface area contributed by atoms with Crippen LogP contribution in [0.4, 0.5) is 11.4 Å². The number of nitrogens with zero attached hydrogens (tertiary/aromatic N) is 1. The maximum Gasteiger partial charge on any atom is 0.256 e. The molecule has 5 heteroatoms. The number of likely N-dealkylation sites (N-methyl/N-ethyl adjacent to an activating group) is 1.